The molecule has 0 aromatic heterocycles. The van der Waals surface area contributed by atoms with E-state index in [0.29, 0.717) is 11.5 Å². The molecule has 0 N–H and O–H groups in total. The van der Waals surface area contributed by atoms with Crippen molar-refractivity contribution in [2.75, 3.05) is 13.2 Å². The van der Waals surface area contributed by atoms with Gasteiger partial charge >= 0.3 is 0 Å². The lowest BCUT2D eigenvalue weighted by atomic mass is 10.2. The van der Waals surface area contributed by atoms with Crippen molar-refractivity contribution in [1.29, 1.82) is 0 Å². The van der Waals surface area contributed by atoms with Crippen molar-refractivity contribution in [3.63, 3.8) is 0 Å². The van der Waals surface area contributed by atoms with Gasteiger partial charge in [0.15, 0.2) is 0 Å². The topological polar surface area (TPSA) is 98.7 Å². The van der Waals surface area contributed by atoms with E-state index >= 15 is 0 Å². The maximum Gasteiger partial charge on any atom is 0.122 e. The lowest BCUT2D eigenvalue weighted by Gasteiger charge is -2.10. The molecule has 6 nitrogen and oxygen atoms in total. The largest absolute Gasteiger partial charge is 0.545 e. The molecule has 0 aliphatic heterocycles. The van der Waals surface area contributed by atoms with Gasteiger partial charge in [-0.15, -0.1) is 0 Å². The van der Waals surface area contributed by atoms with Crippen LogP contribution < -0.4 is 19.7 Å². The summed E-state index contributed by atoms with van der Waals surface area (Å²) in [5.41, 5.74) is 0.160. The first kappa shape index (κ1) is 15.4. The zero-order valence-corrected chi connectivity index (χ0v) is 11.5. The third-order valence-corrected chi connectivity index (χ3v) is 2.80. The third kappa shape index (κ3) is 4.24. The number of hydrogen-bond donors (Lipinski definition) is 0. The second-order valence-electron chi connectivity index (χ2n) is 4.32. The Morgan fingerprint density at radius 2 is 1.00 bits per heavy atom. The van der Waals surface area contributed by atoms with E-state index in [9.17, 15) is 19.8 Å². The Morgan fingerprint density at radius 1 is 0.682 bits per heavy atom. The summed E-state index contributed by atoms with van der Waals surface area (Å²) in [6.07, 6.45) is 0. The fraction of sp³-hybridized carbons (Fsp3) is 0.125. The molecule has 0 amide bonds. The van der Waals surface area contributed by atoms with E-state index in [2.05, 4.69) is 0 Å². The van der Waals surface area contributed by atoms with Crippen LogP contribution in [0.25, 0.3) is 0 Å². The molecule has 2 aromatic rings. The standard InChI is InChI=1S/C16H14O6/c17-15(18)11-1-5-13(6-2-11)21-9-10-22-14-7-3-12(4-8-14)16(19)20/h1-8H,9-10H2,(H,17,18)(H,19,20)/p-2. The minimum Gasteiger partial charge on any atom is -0.545 e. The Bertz CT molecular complexity index is 586. The molecule has 0 atom stereocenters. The van der Waals surface area contributed by atoms with Crippen molar-refractivity contribution in [1.82, 2.24) is 0 Å². The SMILES string of the molecule is O=C([O-])c1ccc(OCCOc2ccc(C(=O)[O-])cc2)cc1. The van der Waals surface area contributed by atoms with Crippen LogP contribution in [0.2, 0.25) is 0 Å². The number of carboxylic acid groups (broad SMARTS) is 2. The van der Waals surface area contributed by atoms with Crippen molar-refractivity contribution in [3.05, 3.63) is 59.7 Å². The van der Waals surface area contributed by atoms with Crippen LogP contribution in [0.5, 0.6) is 11.5 Å². The second-order valence-corrected chi connectivity index (χ2v) is 4.32. The number of carboxylic acids is 2. The number of carbonyl (C=O) groups excluding carboxylic acids is 2. The van der Waals surface area contributed by atoms with Gasteiger partial charge < -0.3 is 29.3 Å². The maximum absolute atomic E-state index is 10.6. The normalized spacial score (nSPS) is 10.0. The molecule has 2 rings (SSSR count). The number of carbonyl (C=O) groups is 2. The fourth-order valence-electron chi connectivity index (χ4n) is 1.69. The summed E-state index contributed by atoms with van der Waals surface area (Å²) in [7, 11) is 0. The zero-order valence-electron chi connectivity index (χ0n) is 11.5. The molecular formula is C16H12O6-2. The van der Waals surface area contributed by atoms with Crippen LogP contribution in [0.15, 0.2) is 48.5 Å². The Hall–Kier alpha value is -3.02. The molecule has 0 aliphatic carbocycles. The monoisotopic (exact) mass is 300 g/mol. The Kier molecular flexibility index (Phi) is 4.98. The minimum atomic E-state index is -1.24. The van der Waals surface area contributed by atoms with Crippen LogP contribution in [-0.2, 0) is 0 Å². The van der Waals surface area contributed by atoms with Gasteiger partial charge in [-0.1, -0.05) is 0 Å². The van der Waals surface area contributed by atoms with Crippen molar-refractivity contribution < 1.29 is 29.3 Å². The summed E-state index contributed by atoms with van der Waals surface area (Å²) in [4.78, 5) is 21.2. The van der Waals surface area contributed by atoms with Crippen molar-refractivity contribution in [2.45, 2.75) is 0 Å². The Labute approximate surface area is 126 Å². The highest BCUT2D eigenvalue weighted by atomic mass is 16.5. The lowest BCUT2D eigenvalue weighted by molar-refractivity contribution is -0.256. The van der Waals surface area contributed by atoms with E-state index in [1.807, 2.05) is 0 Å². The van der Waals surface area contributed by atoms with Crippen LogP contribution in [-0.4, -0.2) is 25.2 Å². The quantitative estimate of drug-likeness (QED) is 0.661. The van der Waals surface area contributed by atoms with Gasteiger partial charge in [0, 0.05) is 0 Å². The van der Waals surface area contributed by atoms with Crippen LogP contribution in [0.1, 0.15) is 20.7 Å². The molecule has 0 fully saturated rings. The van der Waals surface area contributed by atoms with Crippen LogP contribution in [0, 0.1) is 0 Å². The van der Waals surface area contributed by atoms with Crippen LogP contribution in [0.4, 0.5) is 0 Å². The van der Waals surface area contributed by atoms with Gasteiger partial charge in [0.25, 0.3) is 0 Å². The smallest absolute Gasteiger partial charge is 0.122 e. The summed E-state index contributed by atoms with van der Waals surface area (Å²) < 4.78 is 10.8. The number of benzene rings is 2. The number of hydrogen-bond acceptors (Lipinski definition) is 6. The third-order valence-electron chi connectivity index (χ3n) is 2.80. The molecule has 0 heterocycles. The van der Waals surface area contributed by atoms with E-state index in [0.717, 1.165) is 0 Å². The summed E-state index contributed by atoms with van der Waals surface area (Å²) in [5, 5.41) is 21.2. The molecule has 0 unspecified atom stereocenters. The van der Waals surface area contributed by atoms with Gasteiger partial charge in [-0.25, -0.2) is 0 Å². The Morgan fingerprint density at radius 3 is 1.27 bits per heavy atom. The van der Waals surface area contributed by atoms with E-state index < -0.39 is 11.9 Å². The van der Waals surface area contributed by atoms with Gasteiger partial charge in [0.05, 0.1) is 11.9 Å². The fourth-order valence-corrected chi connectivity index (χ4v) is 1.69. The average Bonchev–Trinajstić information content (AvgIpc) is 2.52. The molecule has 2 aromatic carbocycles. The zero-order chi connectivity index (χ0) is 15.9. The second kappa shape index (κ2) is 7.12. The van der Waals surface area contributed by atoms with Crippen molar-refractivity contribution >= 4 is 11.9 Å². The molecular weight excluding hydrogens is 288 g/mol. The molecule has 0 spiro atoms. The van der Waals surface area contributed by atoms with Crippen LogP contribution >= 0.6 is 0 Å². The van der Waals surface area contributed by atoms with Gasteiger partial charge in [-0.05, 0) is 59.7 Å². The molecule has 0 saturated carbocycles. The predicted octanol–water partition coefficient (Wildman–Crippen LogP) is -0.129. The van der Waals surface area contributed by atoms with Gasteiger partial charge in [0.1, 0.15) is 24.7 Å². The average molecular weight is 300 g/mol. The molecule has 0 bridgehead atoms. The molecule has 0 radical (unpaired) electrons. The first-order valence-electron chi connectivity index (χ1n) is 6.44. The maximum atomic E-state index is 10.6. The predicted molar refractivity (Wildman–Crippen MR) is 72.5 cm³/mol. The molecule has 0 aliphatic rings. The Balaban J connectivity index is 1.77. The van der Waals surface area contributed by atoms with Crippen molar-refractivity contribution in [2.24, 2.45) is 0 Å². The van der Waals surface area contributed by atoms with E-state index in [4.69, 9.17) is 9.47 Å². The number of aromatic carboxylic acids is 2. The molecule has 22 heavy (non-hydrogen) atoms. The first-order valence-corrected chi connectivity index (χ1v) is 6.44. The minimum absolute atomic E-state index is 0.0802. The number of rotatable bonds is 7. The van der Waals surface area contributed by atoms with Gasteiger partial charge in [-0.3, -0.25) is 0 Å². The van der Waals surface area contributed by atoms with E-state index in [1.54, 1.807) is 0 Å². The highest BCUT2D eigenvalue weighted by molar-refractivity contribution is 5.86. The van der Waals surface area contributed by atoms with E-state index in [-0.39, 0.29) is 24.3 Å². The summed E-state index contributed by atoms with van der Waals surface area (Å²) in [5.74, 6) is -1.45. The van der Waals surface area contributed by atoms with Crippen molar-refractivity contribution in [3.8, 4) is 11.5 Å². The molecule has 6 heteroatoms. The van der Waals surface area contributed by atoms with E-state index in [1.165, 1.54) is 48.5 Å². The highest BCUT2D eigenvalue weighted by Gasteiger charge is 1.98. The molecule has 114 valence electrons. The molecule has 0 saturated heterocycles. The summed E-state index contributed by atoms with van der Waals surface area (Å²) >= 11 is 0. The first-order chi connectivity index (χ1) is 10.6. The van der Waals surface area contributed by atoms with Crippen LogP contribution in [0.3, 0.4) is 0 Å². The van der Waals surface area contributed by atoms with Gasteiger partial charge in [0.2, 0.25) is 0 Å². The summed E-state index contributed by atoms with van der Waals surface area (Å²) in [6.45, 7) is 0.514. The van der Waals surface area contributed by atoms with Gasteiger partial charge in [-0.2, -0.15) is 0 Å². The summed E-state index contributed by atoms with van der Waals surface area (Å²) in [6, 6.07) is 11.7. The number of ether oxygens (including phenoxy) is 2. The highest BCUT2D eigenvalue weighted by Crippen LogP contribution is 2.13. The lowest BCUT2D eigenvalue weighted by Crippen LogP contribution is -2.22.